The van der Waals surface area contributed by atoms with Gasteiger partial charge in [-0.3, -0.25) is 0 Å². The Balaban J connectivity index is 2.58. The first-order valence-corrected chi connectivity index (χ1v) is 4.86. The summed E-state index contributed by atoms with van der Waals surface area (Å²) in [4.78, 5) is 6.21. The molecule has 2 N–H and O–H groups in total. The van der Waals surface area contributed by atoms with Crippen LogP contribution in [0.15, 0.2) is 4.52 Å². The first-order chi connectivity index (χ1) is 6.63. The van der Waals surface area contributed by atoms with Gasteiger partial charge in [0.1, 0.15) is 0 Å². The van der Waals surface area contributed by atoms with Crippen molar-refractivity contribution >= 4 is 0 Å². The number of nitrogens with two attached hydrogens (primary N) is 1. The second-order valence-corrected chi connectivity index (χ2v) is 3.68. The predicted octanol–water partition coefficient (Wildman–Crippen LogP) is 0.931. The molecule has 1 heterocycles. The monoisotopic (exact) mass is 198 g/mol. The van der Waals surface area contributed by atoms with Gasteiger partial charge in [-0.15, -0.1) is 0 Å². The van der Waals surface area contributed by atoms with E-state index in [1.54, 1.807) is 0 Å². The highest BCUT2D eigenvalue weighted by atomic mass is 16.5. The molecule has 0 unspecified atom stereocenters. The van der Waals surface area contributed by atoms with Crippen LogP contribution in [0.4, 0.5) is 0 Å². The Morgan fingerprint density at radius 3 is 2.79 bits per heavy atom. The third-order valence-electron chi connectivity index (χ3n) is 1.86. The zero-order valence-electron chi connectivity index (χ0n) is 9.03. The summed E-state index contributed by atoms with van der Waals surface area (Å²) in [5, 5.41) is 3.85. The molecular weight excluding hydrogens is 180 g/mol. The minimum absolute atomic E-state index is 0.122. The lowest BCUT2D eigenvalue weighted by molar-refractivity contribution is 0.332. The van der Waals surface area contributed by atoms with Gasteiger partial charge in [0, 0.05) is 0 Å². The molecule has 0 saturated heterocycles. The van der Waals surface area contributed by atoms with Crippen molar-refractivity contribution in [3.05, 3.63) is 11.7 Å². The molecule has 0 bridgehead atoms. The average Bonchev–Trinajstić information content (AvgIpc) is 2.52. The van der Waals surface area contributed by atoms with Crippen LogP contribution in [-0.2, 0) is 6.54 Å². The zero-order valence-corrected chi connectivity index (χ0v) is 9.03. The summed E-state index contributed by atoms with van der Waals surface area (Å²) in [5.74, 6) is 1.24. The quantitative estimate of drug-likeness (QED) is 0.762. The molecule has 5 heteroatoms. The van der Waals surface area contributed by atoms with Gasteiger partial charge in [0.25, 0.3) is 0 Å². The Kier molecular flexibility index (Phi) is 4.03. The molecule has 80 valence electrons. The fourth-order valence-corrected chi connectivity index (χ4v) is 1.20. The normalized spacial score (nSPS) is 13.5. The van der Waals surface area contributed by atoms with Gasteiger partial charge in [0.2, 0.25) is 5.89 Å². The van der Waals surface area contributed by atoms with Crippen LogP contribution in [0.1, 0.15) is 37.5 Å². The second kappa shape index (κ2) is 5.07. The van der Waals surface area contributed by atoms with Crippen LogP contribution in [-0.4, -0.2) is 29.1 Å². The standard InChI is InChI=1S/C9H18N4O/c1-4-5-7(10)9-11-8(12-14-9)6-13(2)3/h7H,4-6,10H2,1-3H3/t7-/m0/s1. The lowest BCUT2D eigenvalue weighted by Crippen LogP contribution is -2.13. The van der Waals surface area contributed by atoms with Gasteiger partial charge < -0.3 is 15.2 Å². The van der Waals surface area contributed by atoms with Crippen molar-refractivity contribution in [1.82, 2.24) is 15.0 Å². The van der Waals surface area contributed by atoms with E-state index < -0.39 is 0 Å². The molecule has 0 radical (unpaired) electrons. The molecule has 0 aliphatic rings. The number of aromatic nitrogens is 2. The summed E-state index contributed by atoms with van der Waals surface area (Å²) < 4.78 is 5.07. The van der Waals surface area contributed by atoms with Gasteiger partial charge in [0.15, 0.2) is 5.82 Å². The minimum Gasteiger partial charge on any atom is -0.338 e. The van der Waals surface area contributed by atoms with Gasteiger partial charge in [-0.25, -0.2) is 0 Å². The van der Waals surface area contributed by atoms with E-state index in [0.29, 0.717) is 18.3 Å². The fourth-order valence-electron chi connectivity index (χ4n) is 1.20. The predicted molar refractivity (Wildman–Crippen MR) is 53.5 cm³/mol. The first kappa shape index (κ1) is 11.1. The van der Waals surface area contributed by atoms with Crippen LogP contribution < -0.4 is 5.73 Å². The molecule has 5 nitrogen and oxygen atoms in total. The molecule has 0 aliphatic carbocycles. The van der Waals surface area contributed by atoms with Gasteiger partial charge in [-0.1, -0.05) is 18.5 Å². The highest BCUT2D eigenvalue weighted by Crippen LogP contribution is 2.13. The number of nitrogens with zero attached hydrogens (tertiary/aromatic N) is 3. The van der Waals surface area contributed by atoms with Gasteiger partial charge >= 0.3 is 0 Å². The van der Waals surface area contributed by atoms with Gasteiger partial charge in [-0.2, -0.15) is 4.98 Å². The molecule has 0 fully saturated rings. The van der Waals surface area contributed by atoms with Crippen molar-refractivity contribution in [2.45, 2.75) is 32.4 Å². The summed E-state index contributed by atoms with van der Waals surface area (Å²) in [5.41, 5.74) is 5.84. The van der Waals surface area contributed by atoms with Crippen LogP contribution in [0.2, 0.25) is 0 Å². The Morgan fingerprint density at radius 1 is 1.50 bits per heavy atom. The highest BCUT2D eigenvalue weighted by Gasteiger charge is 2.13. The second-order valence-electron chi connectivity index (χ2n) is 3.68. The summed E-state index contributed by atoms with van der Waals surface area (Å²) in [6.45, 7) is 2.76. The summed E-state index contributed by atoms with van der Waals surface area (Å²) in [7, 11) is 3.92. The maximum absolute atomic E-state index is 5.84. The van der Waals surface area contributed by atoms with E-state index in [1.165, 1.54) is 0 Å². The smallest absolute Gasteiger partial charge is 0.243 e. The van der Waals surface area contributed by atoms with Crippen molar-refractivity contribution < 1.29 is 4.52 Å². The van der Waals surface area contributed by atoms with Crippen molar-refractivity contribution in [2.75, 3.05) is 14.1 Å². The molecule has 0 aliphatic heterocycles. The topological polar surface area (TPSA) is 68.2 Å². The lowest BCUT2D eigenvalue weighted by atomic mass is 10.2. The molecule has 1 aromatic rings. The summed E-state index contributed by atoms with van der Waals surface area (Å²) in [6, 6.07) is -0.122. The van der Waals surface area contributed by atoms with Crippen LogP contribution in [0.5, 0.6) is 0 Å². The van der Waals surface area contributed by atoms with Crippen molar-refractivity contribution in [3.8, 4) is 0 Å². The molecule has 0 aromatic carbocycles. The Bertz CT molecular complexity index is 272. The van der Waals surface area contributed by atoms with E-state index in [4.69, 9.17) is 10.3 Å². The van der Waals surface area contributed by atoms with Crippen LogP contribution >= 0.6 is 0 Å². The molecule has 14 heavy (non-hydrogen) atoms. The van der Waals surface area contributed by atoms with Crippen LogP contribution in [0.25, 0.3) is 0 Å². The number of hydrogen-bond donors (Lipinski definition) is 1. The third-order valence-corrected chi connectivity index (χ3v) is 1.86. The minimum atomic E-state index is -0.122. The highest BCUT2D eigenvalue weighted by molar-refractivity contribution is 4.91. The number of rotatable bonds is 5. The average molecular weight is 198 g/mol. The van der Waals surface area contributed by atoms with Crippen molar-refractivity contribution in [2.24, 2.45) is 5.73 Å². The molecule has 1 aromatic heterocycles. The van der Waals surface area contributed by atoms with E-state index in [0.717, 1.165) is 12.8 Å². The SMILES string of the molecule is CCC[C@H](N)c1nc(CN(C)C)no1. The Morgan fingerprint density at radius 2 is 2.21 bits per heavy atom. The summed E-state index contributed by atoms with van der Waals surface area (Å²) in [6.07, 6.45) is 1.90. The molecule has 0 saturated carbocycles. The zero-order chi connectivity index (χ0) is 10.6. The maximum Gasteiger partial charge on any atom is 0.243 e. The van der Waals surface area contributed by atoms with E-state index in [2.05, 4.69) is 17.1 Å². The van der Waals surface area contributed by atoms with Crippen LogP contribution in [0, 0.1) is 0 Å². The molecule has 1 rings (SSSR count). The molecule has 0 amide bonds. The van der Waals surface area contributed by atoms with Gasteiger partial charge in [0.05, 0.1) is 12.6 Å². The van der Waals surface area contributed by atoms with Crippen molar-refractivity contribution in [1.29, 1.82) is 0 Å². The summed E-state index contributed by atoms with van der Waals surface area (Å²) >= 11 is 0. The van der Waals surface area contributed by atoms with Crippen LogP contribution in [0.3, 0.4) is 0 Å². The van der Waals surface area contributed by atoms with Gasteiger partial charge in [-0.05, 0) is 20.5 Å². The van der Waals surface area contributed by atoms with E-state index >= 15 is 0 Å². The maximum atomic E-state index is 5.84. The van der Waals surface area contributed by atoms with Crippen molar-refractivity contribution in [3.63, 3.8) is 0 Å². The lowest BCUT2D eigenvalue weighted by Gasteiger charge is -2.04. The fraction of sp³-hybridized carbons (Fsp3) is 0.778. The van der Waals surface area contributed by atoms with E-state index in [1.807, 2.05) is 19.0 Å². The third kappa shape index (κ3) is 3.08. The molecule has 1 atom stereocenters. The van der Waals surface area contributed by atoms with E-state index in [9.17, 15) is 0 Å². The largest absolute Gasteiger partial charge is 0.338 e. The first-order valence-electron chi connectivity index (χ1n) is 4.86. The molecular formula is C9H18N4O. The molecule has 0 spiro atoms. The Labute approximate surface area is 84.3 Å². The Hall–Kier alpha value is -0.940. The number of hydrogen-bond acceptors (Lipinski definition) is 5. The van der Waals surface area contributed by atoms with E-state index in [-0.39, 0.29) is 6.04 Å².